The molecular formula is C18H22FN5O8. The number of benzene rings is 1. The lowest BCUT2D eigenvalue weighted by atomic mass is 9.99. The summed E-state index contributed by atoms with van der Waals surface area (Å²) in [4.78, 5) is 27.5. The fraction of sp³-hybridized carbons (Fsp3) is 0.389. The summed E-state index contributed by atoms with van der Waals surface area (Å²) >= 11 is 0. The average Bonchev–Trinajstić information content (AvgIpc) is 2.95. The van der Waals surface area contributed by atoms with E-state index in [1.165, 1.54) is 0 Å². The molecule has 174 valence electrons. The van der Waals surface area contributed by atoms with Crippen molar-refractivity contribution >= 4 is 11.7 Å². The number of nitrogen functional groups attached to an aromatic ring is 1. The zero-order valence-electron chi connectivity index (χ0n) is 16.7. The molecule has 1 aliphatic rings. The van der Waals surface area contributed by atoms with Gasteiger partial charge in [-0.2, -0.15) is 5.54 Å². The van der Waals surface area contributed by atoms with E-state index in [-0.39, 0.29) is 9.63 Å². The fourth-order valence-corrected chi connectivity index (χ4v) is 3.58. The number of carbonyl (C=O) groups excluding carboxylic acids is 1. The Morgan fingerprint density at radius 3 is 2.72 bits per heavy atom. The molecule has 0 spiro atoms. The number of ether oxygens (including phenoxy) is 1. The maximum atomic E-state index is 12.7. The van der Waals surface area contributed by atoms with Crippen molar-refractivity contribution in [2.75, 3.05) is 12.3 Å². The summed E-state index contributed by atoms with van der Waals surface area (Å²) in [6, 6.07) is 6.61. The Kier molecular flexibility index (Phi) is 6.30. The predicted molar refractivity (Wildman–Crippen MR) is 103 cm³/mol. The van der Waals surface area contributed by atoms with Crippen LogP contribution in [0.2, 0.25) is 0 Å². The van der Waals surface area contributed by atoms with E-state index in [0.29, 0.717) is 11.8 Å². The van der Waals surface area contributed by atoms with Gasteiger partial charge in [0.05, 0.1) is 13.2 Å². The van der Waals surface area contributed by atoms with Crippen LogP contribution in [0.5, 0.6) is 0 Å². The molecule has 1 aromatic carbocycles. The molecule has 1 amide bonds. The maximum Gasteiger partial charge on any atom is 0.353 e. The summed E-state index contributed by atoms with van der Waals surface area (Å²) in [5.74, 6) is -5.72. The molecule has 2 heterocycles. The first kappa shape index (κ1) is 23.7. The van der Waals surface area contributed by atoms with Crippen LogP contribution in [0, 0.1) is 6.92 Å². The highest BCUT2D eigenvalue weighted by molar-refractivity contribution is 5.97. The first-order valence-corrected chi connectivity index (χ1v) is 9.23. The lowest BCUT2D eigenvalue weighted by Gasteiger charge is -2.42. The average molecular weight is 455 g/mol. The molecule has 1 saturated heterocycles. The minimum Gasteiger partial charge on any atom is -0.394 e. The Balaban J connectivity index is 2.18. The highest BCUT2D eigenvalue weighted by Crippen LogP contribution is 2.44. The molecule has 0 saturated carbocycles. The van der Waals surface area contributed by atoms with Crippen molar-refractivity contribution < 1.29 is 39.6 Å². The molecule has 1 aliphatic heterocycles. The largest absolute Gasteiger partial charge is 0.394 e. The number of nitrogens with one attached hydrogen (secondary N) is 1. The minimum atomic E-state index is -3.38. The Bertz CT molecular complexity index is 1080. The lowest BCUT2D eigenvalue weighted by Crippen LogP contribution is -2.68. The molecule has 32 heavy (non-hydrogen) atoms. The summed E-state index contributed by atoms with van der Waals surface area (Å²) in [5, 5.41) is 53.5. The van der Waals surface area contributed by atoms with E-state index in [2.05, 4.69) is 4.98 Å². The molecule has 3 rings (SSSR count). The SMILES string of the molecule is Cc1cccc(CN(O)[C@@]2(O)[C@H](O)[C@@H](CO)O[C@]2(O)n2c(N)c(C(=O)NF)cnc2=O)c1. The van der Waals surface area contributed by atoms with Crippen LogP contribution in [0.1, 0.15) is 21.5 Å². The number of rotatable bonds is 6. The van der Waals surface area contributed by atoms with Gasteiger partial charge in [0.2, 0.25) is 5.72 Å². The van der Waals surface area contributed by atoms with Gasteiger partial charge in [-0.25, -0.2) is 14.3 Å². The highest BCUT2D eigenvalue weighted by atomic mass is 19.2. The van der Waals surface area contributed by atoms with Crippen LogP contribution in [-0.2, 0) is 17.2 Å². The maximum absolute atomic E-state index is 12.7. The topological polar surface area (TPSA) is 204 Å². The molecule has 0 unspecified atom stereocenters. The van der Waals surface area contributed by atoms with Gasteiger partial charge in [0.25, 0.3) is 5.91 Å². The standard InChI is InChI=1S/C18H22FN5O8/c1-9-3-2-4-10(5-9)7-23(31)17(29)13(26)12(8-25)32-18(17,30)24-14(20)11(15(27)22-19)6-21-16(24)28/h2-6,12-13,25-26,29-31H,7-8,20H2,1H3,(H,22,27)/t12-,13-,17-,18+/m1/s1. The number of aliphatic hydroxyl groups is 4. The van der Waals surface area contributed by atoms with Crippen LogP contribution in [0.25, 0.3) is 0 Å². The first-order valence-electron chi connectivity index (χ1n) is 9.23. The predicted octanol–water partition coefficient (Wildman–Crippen LogP) is -2.32. The number of anilines is 1. The first-order chi connectivity index (χ1) is 15.0. The van der Waals surface area contributed by atoms with Gasteiger partial charge in [-0.3, -0.25) is 4.79 Å². The van der Waals surface area contributed by atoms with Crippen molar-refractivity contribution in [2.24, 2.45) is 0 Å². The van der Waals surface area contributed by atoms with Crippen molar-refractivity contribution in [2.45, 2.75) is 37.3 Å². The van der Waals surface area contributed by atoms with Gasteiger partial charge in [0.15, 0.2) is 0 Å². The number of hydrogen-bond donors (Lipinski definition) is 7. The molecule has 8 N–H and O–H groups in total. The van der Waals surface area contributed by atoms with E-state index >= 15 is 0 Å². The minimum absolute atomic E-state index is 0.0654. The third-order valence-electron chi connectivity index (χ3n) is 5.19. The van der Waals surface area contributed by atoms with Gasteiger partial charge < -0.3 is 36.1 Å². The summed E-state index contributed by atoms with van der Waals surface area (Å²) in [7, 11) is 0. The van der Waals surface area contributed by atoms with Crippen LogP contribution in [0.3, 0.4) is 0 Å². The Morgan fingerprint density at radius 2 is 2.12 bits per heavy atom. The number of aryl methyl sites for hydroxylation is 1. The van der Waals surface area contributed by atoms with Gasteiger partial charge >= 0.3 is 11.6 Å². The van der Waals surface area contributed by atoms with Gasteiger partial charge in [-0.05, 0) is 12.5 Å². The third kappa shape index (κ3) is 3.53. The van der Waals surface area contributed by atoms with Gasteiger partial charge in [0, 0.05) is 6.20 Å². The monoisotopic (exact) mass is 455 g/mol. The third-order valence-corrected chi connectivity index (χ3v) is 5.19. The van der Waals surface area contributed by atoms with Crippen LogP contribution in [-0.4, -0.2) is 70.7 Å². The van der Waals surface area contributed by atoms with Crippen molar-refractivity contribution in [1.82, 2.24) is 20.2 Å². The van der Waals surface area contributed by atoms with E-state index in [1.807, 2.05) is 0 Å². The Morgan fingerprint density at radius 1 is 1.44 bits per heavy atom. The number of nitrogens with two attached hydrogens (primary N) is 1. The molecule has 13 nitrogen and oxygen atoms in total. The molecule has 1 aromatic heterocycles. The van der Waals surface area contributed by atoms with E-state index in [1.54, 1.807) is 31.2 Å². The summed E-state index contributed by atoms with van der Waals surface area (Å²) in [6.45, 7) is 0.307. The number of nitrogens with zero attached hydrogens (tertiary/aromatic N) is 3. The number of aliphatic hydroxyl groups excluding tert-OH is 2. The number of hydrogen-bond acceptors (Lipinski definition) is 11. The summed E-state index contributed by atoms with van der Waals surface area (Å²) in [5.41, 5.74) is 2.42. The van der Waals surface area contributed by atoms with Crippen molar-refractivity contribution in [3.8, 4) is 0 Å². The van der Waals surface area contributed by atoms with Gasteiger partial charge in [0.1, 0.15) is 23.6 Å². The molecule has 4 atom stereocenters. The molecule has 14 heteroatoms. The van der Waals surface area contributed by atoms with Crippen LogP contribution < -0.4 is 17.0 Å². The second-order valence-electron chi connectivity index (χ2n) is 7.26. The van der Waals surface area contributed by atoms with Crippen LogP contribution in [0.15, 0.2) is 35.3 Å². The van der Waals surface area contributed by atoms with Crippen molar-refractivity contribution in [3.63, 3.8) is 0 Å². The number of amides is 1. The van der Waals surface area contributed by atoms with Crippen molar-refractivity contribution in [1.29, 1.82) is 0 Å². The zero-order chi connectivity index (χ0) is 23.8. The van der Waals surface area contributed by atoms with Crippen LogP contribution >= 0.6 is 0 Å². The smallest absolute Gasteiger partial charge is 0.353 e. The summed E-state index contributed by atoms with van der Waals surface area (Å²) < 4.78 is 17.9. The molecule has 0 aliphatic carbocycles. The van der Waals surface area contributed by atoms with E-state index in [4.69, 9.17) is 10.5 Å². The molecule has 2 aromatic rings. The molecule has 1 fully saturated rings. The molecular weight excluding hydrogens is 433 g/mol. The lowest BCUT2D eigenvalue weighted by molar-refractivity contribution is -0.413. The number of carbonyl (C=O) groups is 1. The Labute approximate surface area is 179 Å². The second kappa shape index (κ2) is 8.51. The molecule has 0 radical (unpaired) electrons. The number of hydroxylamine groups is 2. The quantitative estimate of drug-likeness (QED) is 0.140. The van der Waals surface area contributed by atoms with Gasteiger partial charge in [-0.15, -0.1) is 5.06 Å². The molecule has 0 bridgehead atoms. The van der Waals surface area contributed by atoms with Crippen LogP contribution in [0.4, 0.5) is 10.3 Å². The van der Waals surface area contributed by atoms with E-state index < -0.39 is 60.0 Å². The summed E-state index contributed by atoms with van der Waals surface area (Å²) in [6.07, 6.45) is -3.30. The van der Waals surface area contributed by atoms with E-state index in [0.717, 1.165) is 11.1 Å². The Hall–Kier alpha value is -2.98. The number of aromatic nitrogens is 2. The zero-order valence-corrected chi connectivity index (χ0v) is 16.7. The highest BCUT2D eigenvalue weighted by Gasteiger charge is 2.70. The number of halogens is 1. The van der Waals surface area contributed by atoms with Crippen molar-refractivity contribution in [3.05, 3.63) is 57.6 Å². The normalized spacial score (nSPS) is 27.6. The van der Waals surface area contributed by atoms with Gasteiger partial charge in [-0.1, -0.05) is 34.3 Å². The fourth-order valence-electron chi connectivity index (χ4n) is 3.58. The van der Waals surface area contributed by atoms with E-state index in [9.17, 15) is 39.7 Å². The second-order valence-corrected chi connectivity index (χ2v) is 7.26.